The molecule has 3 rings (SSSR count). The molecule has 0 radical (unpaired) electrons. The van der Waals surface area contributed by atoms with Gasteiger partial charge >= 0.3 is 0 Å². The van der Waals surface area contributed by atoms with E-state index in [2.05, 4.69) is 34.5 Å². The van der Waals surface area contributed by atoms with Crippen molar-refractivity contribution in [3.63, 3.8) is 0 Å². The zero-order valence-corrected chi connectivity index (χ0v) is 11.8. The van der Waals surface area contributed by atoms with Crippen LogP contribution in [-0.2, 0) is 11.2 Å². The standard InChI is InChI=1S/C15H19N3O2/c1-3-13(19-4-2)14-17-15(20-18-14)11-5-6-12-10(9-11)7-8-16-12/h5-6,9,13,16H,3-4,7-8H2,1-2H3. The quantitative estimate of drug-likeness (QED) is 0.906. The first-order valence-electron chi connectivity index (χ1n) is 7.14. The summed E-state index contributed by atoms with van der Waals surface area (Å²) in [6, 6.07) is 6.20. The summed E-state index contributed by atoms with van der Waals surface area (Å²) in [5, 5.41) is 7.39. The van der Waals surface area contributed by atoms with Crippen LogP contribution in [0.1, 0.15) is 37.8 Å². The minimum atomic E-state index is -0.0893. The van der Waals surface area contributed by atoms with E-state index in [0.717, 1.165) is 24.9 Å². The zero-order valence-electron chi connectivity index (χ0n) is 11.8. The molecular formula is C15H19N3O2. The molecule has 0 fully saturated rings. The average molecular weight is 273 g/mol. The Labute approximate surface area is 118 Å². The van der Waals surface area contributed by atoms with Gasteiger partial charge in [-0.25, -0.2) is 0 Å². The number of aromatic nitrogens is 2. The Bertz CT molecular complexity index is 595. The molecule has 5 heteroatoms. The maximum Gasteiger partial charge on any atom is 0.258 e. The van der Waals surface area contributed by atoms with Gasteiger partial charge < -0.3 is 14.6 Å². The summed E-state index contributed by atoms with van der Waals surface area (Å²) >= 11 is 0. The third kappa shape index (κ3) is 2.41. The highest BCUT2D eigenvalue weighted by molar-refractivity contribution is 5.64. The maximum absolute atomic E-state index is 5.61. The van der Waals surface area contributed by atoms with Crippen LogP contribution in [0.4, 0.5) is 5.69 Å². The lowest BCUT2D eigenvalue weighted by Crippen LogP contribution is -2.04. The number of hydrogen-bond acceptors (Lipinski definition) is 5. The highest BCUT2D eigenvalue weighted by atomic mass is 16.5. The van der Waals surface area contributed by atoms with E-state index in [9.17, 15) is 0 Å². The summed E-state index contributed by atoms with van der Waals surface area (Å²) in [6.07, 6.45) is 1.79. The second-order valence-corrected chi connectivity index (χ2v) is 4.86. The van der Waals surface area contributed by atoms with E-state index >= 15 is 0 Å². The third-order valence-electron chi connectivity index (χ3n) is 3.53. The van der Waals surface area contributed by atoms with Crippen molar-refractivity contribution in [2.24, 2.45) is 0 Å². The van der Waals surface area contributed by atoms with Crippen LogP contribution in [0.3, 0.4) is 0 Å². The molecule has 1 unspecified atom stereocenters. The number of anilines is 1. The fraction of sp³-hybridized carbons (Fsp3) is 0.467. The topological polar surface area (TPSA) is 60.2 Å². The van der Waals surface area contributed by atoms with Crippen LogP contribution in [0.2, 0.25) is 0 Å². The molecule has 1 atom stereocenters. The largest absolute Gasteiger partial charge is 0.384 e. The molecule has 5 nitrogen and oxygen atoms in total. The summed E-state index contributed by atoms with van der Waals surface area (Å²) in [5.41, 5.74) is 3.48. The molecule has 0 aliphatic carbocycles. The minimum absolute atomic E-state index is 0.0893. The first-order valence-corrected chi connectivity index (χ1v) is 7.14. The Morgan fingerprint density at radius 3 is 3.10 bits per heavy atom. The van der Waals surface area contributed by atoms with Gasteiger partial charge in [0.2, 0.25) is 5.82 Å². The lowest BCUT2D eigenvalue weighted by molar-refractivity contribution is 0.0518. The molecular weight excluding hydrogens is 254 g/mol. The number of nitrogens with one attached hydrogen (secondary N) is 1. The van der Waals surface area contributed by atoms with Crippen LogP contribution in [0.25, 0.3) is 11.5 Å². The molecule has 2 aromatic rings. The normalized spacial score (nSPS) is 14.9. The fourth-order valence-electron chi connectivity index (χ4n) is 2.50. The van der Waals surface area contributed by atoms with E-state index < -0.39 is 0 Å². The van der Waals surface area contributed by atoms with Crippen LogP contribution >= 0.6 is 0 Å². The molecule has 1 aromatic carbocycles. The van der Waals surface area contributed by atoms with Crippen molar-refractivity contribution in [1.29, 1.82) is 0 Å². The van der Waals surface area contributed by atoms with Gasteiger partial charge in [0.15, 0.2) is 0 Å². The van der Waals surface area contributed by atoms with Gasteiger partial charge in [0, 0.05) is 24.4 Å². The van der Waals surface area contributed by atoms with Crippen LogP contribution < -0.4 is 5.32 Å². The Balaban J connectivity index is 1.86. The number of nitrogens with zero attached hydrogens (tertiary/aromatic N) is 2. The molecule has 0 spiro atoms. The van der Waals surface area contributed by atoms with Gasteiger partial charge in [-0.3, -0.25) is 0 Å². The van der Waals surface area contributed by atoms with Crippen molar-refractivity contribution < 1.29 is 9.26 Å². The van der Waals surface area contributed by atoms with Crippen molar-refractivity contribution in [3.8, 4) is 11.5 Å². The minimum Gasteiger partial charge on any atom is -0.384 e. The molecule has 1 aliphatic rings. The number of benzene rings is 1. The molecule has 0 saturated heterocycles. The van der Waals surface area contributed by atoms with Crippen molar-refractivity contribution in [2.45, 2.75) is 32.8 Å². The van der Waals surface area contributed by atoms with Gasteiger partial charge in [0.25, 0.3) is 5.89 Å². The van der Waals surface area contributed by atoms with E-state index in [1.807, 2.05) is 13.0 Å². The van der Waals surface area contributed by atoms with E-state index in [1.54, 1.807) is 0 Å². The number of hydrogen-bond donors (Lipinski definition) is 1. The van der Waals surface area contributed by atoms with Gasteiger partial charge in [0.1, 0.15) is 6.10 Å². The summed E-state index contributed by atoms with van der Waals surface area (Å²) in [6.45, 7) is 5.66. The lowest BCUT2D eigenvalue weighted by atomic mass is 10.1. The second kappa shape index (κ2) is 5.63. The lowest BCUT2D eigenvalue weighted by Gasteiger charge is -2.09. The zero-order chi connectivity index (χ0) is 13.9. The molecule has 1 aliphatic heterocycles. The Kier molecular flexibility index (Phi) is 3.69. The summed E-state index contributed by atoms with van der Waals surface area (Å²) in [7, 11) is 0. The molecule has 0 saturated carbocycles. The fourth-order valence-corrected chi connectivity index (χ4v) is 2.50. The number of rotatable bonds is 5. The van der Waals surface area contributed by atoms with Crippen molar-refractivity contribution >= 4 is 5.69 Å². The average Bonchev–Trinajstić information content (AvgIpc) is 3.12. The van der Waals surface area contributed by atoms with Crippen LogP contribution in [0.5, 0.6) is 0 Å². The Hall–Kier alpha value is -1.88. The predicted molar refractivity (Wildman–Crippen MR) is 76.6 cm³/mol. The number of ether oxygens (including phenoxy) is 1. The van der Waals surface area contributed by atoms with Crippen LogP contribution in [-0.4, -0.2) is 23.3 Å². The van der Waals surface area contributed by atoms with Gasteiger partial charge in [0.05, 0.1) is 0 Å². The summed E-state index contributed by atoms with van der Waals surface area (Å²) in [4.78, 5) is 4.47. The maximum atomic E-state index is 5.61. The monoisotopic (exact) mass is 273 g/mol. The summed E-state index contributed by atoms with van der Waals surface area (Å²) < 4.78 is 11.0. The van der Waals surface area contributed by atoms with E-state index in [-0.39, 0.29) is 6.10 Å². The predicted octanol–water partition coefficient (Wildman–Crippen LogP) is 3.19. The SMILES string of the molecule is CCOC(CC)c1noc(-c2ccc3c(c2)CCN3)n1. The van der Waals surface area contributed by atoms with Gasteiger partial charge in [-0.05, 0) is 43.5 Å². The molecule has 1 aromatic heterocycles. The van der Waals surface area contributed by atoms with Crippen molar-refractivity contribution in [1.82, 2.24) is 10.1 Å². The van der Waals surface area contributed by atoms with E-state index in [1.165, 1.54) is 11.3 Å². The highest BCUT2D eigenvalue weighted by Crippen LogP contribution is 2.28. The van der Waals surface area contributed by atoms with Crippen LogP contribution in [0, 0.1) is 0 Å². The number of fused-ring (bicyclic) bond motifs is 1. The Morgan fingerprint density at radius 2 is 2.30 bits per heavy atom. The smallest absolute Gasteiger partial charge is 0.258 e. The van der Waals surface area contributed by atoms with Gasteiger partial charge in [-0.1, -0.05) is 12.1 Å². The summed E-state index contributed by atoms with van der Waals surface area (Å²) in [5.74, 6) is 1.19. The van der Waals surface area contributed by atoms with E-state index in [0.29, 0.717) is 18.3 Å². The highest BCUT2D eigenvalue weighted by Gasteiger charge is 2.19. The van der Waals surface area contributed by atoms with Gasteiger partial charge in [-0.15, -0.1) is 0 Å². The molecule has 106 valence electrons. The Morgan fingerprint density at radius 1 is 1.40 bits per heavy atom. The molecule has 0 bridgehead atoms. The molecule has 2 heterocycles. The van der Waals surface area contributed by atoms with Crippen molar-refractivity contribution in [2.75, 3.05) is 18.5 Å². The third-order valence-corrected chi connectivity index (χ3v) is 3.53. The van der Waals surface area contributed by atoms with Crippen molar-refractivity contribution in [3.05, 3.63) is 29.6 Å². The second-order valence-electron chi connectivity index (χ2n) is 4.86. The molecule has 20 heavy (non-hydrogen) atoms. The van der Waals surface area contributed by atoms with E-state index in [4.69, 9.17) is 9.26 Å². The first kappa shape index (κ1) is 13.1. The molecule has 0 amide bonds. The van der Waals surface area contributed by atoms with Gasteiger partial charge in [-0.2, -0.15) is 4.98 Å². The van der Waals surface area contributed by atoms with Crippen LogP contribution in [0.15, 0.2) is 22.7 Å². The molecule has 1 N–H and O–H groups in total. The first-order chi connectivity index (χ1) is 9.81.